The van der Waals surface area contributed by atoms with Crippen molar-refractivity contribution >= 4 is 17.3 Å². The highest BCUT2D eigenvalue weighted by atomic mass is 35.5. The van der Waals surface area contributed by atoms with Gasteiger partial charge in [-0.1, -0.05) is 17.7 Å². The standard InChI is InChI=1S/C22H24ClFN2O3/c23-14-10-19(22-20(11-14)28-7-8-29-22)26-5-3-16(4-6-26)25-18-9-13-1-2-15(24)12-17(13)21(18)27/h1-2,10-12,16,18,21,25,27H,3-9H2/t18-,21-/m1/s1. The number of hydrogen-bond donors (Lipinski definition) is 2. The number of ether oxygens (including phenoxy) is 2. The summed E-state index contributed by atoms with van der Waals surface area (Å²) in [6.07, 6.45) is 1.94. The van der Waals surface area contributed by atoms with E-state index in [-0.39, 0.29) is 11.9 Å². The van der Waals surface area contributed by atoms with Gasteiger partial charge in [0, 0.05) is 36.3 Å². The molecule has 0 saturated carbocycles. The zero-order chi connectivity index (χ0) is 20.0. The van der Waals surface area contributed by atoms with Crippen LogP contribution in [0.15, 0.2) is 30.3 Å². The number of aliphatic hydroxyl groups excluding tert-OH is 1. The Kier molecular flexibility index (Phi) is 5.02. The first-order valence-electron chi connectivity index (χ1n) is 10.1. The van der Waals surface area contributed by atoms with Crippen molar-refractivity contribution in [2.75, 3.05) is 31.2 Å². The van der Waals surface area contributed by atoms with E-state index in [9.17, 15) is 9.50 Å². The van der Waals surface area contributed by atoms with Crippen LogP contribution in [0.3, 0.4) is 0 Å². The van der Waals surface area contributed by atoms with E-state index in [4.69, 9.17) is 21.1 Å². The minimum absolute atomic E-state index is 0.0704. The van der Waals surface area contributed by atoms with Gasteiger partial charge in [0.15, 0.2) is 11.5 Å². The largest absolute Gasteiger partial charge is 0.486 e. The SMILES string of the molecule is O[C@@H]1c2cc(F)ccc2C[C@H]1NC1CCN(c2cc(Cl)cc3c2OCCO3)CC1. The number of fused-ring (bicyclic) bond motifs is 2. The number of halogens is 2. The number of hydrogen-bond acceptors (Lipinski definition) is 5. The van der Waals surface area contributed by atoms with Gasteiger partial charge in [-0.3, -0.25) is 0 Å². The van der Waals surface area contributed by atoms with Gasteiger partial charge >= 0.3 is 0 Å². The molecular formula is C22H24ClFN2O3. The maximum atomic E-state index is 13.5. The summed E-state index contributed by atoms with van der Waals surface area (Å²) in [5.41, 5.74) is 2.72. The predicted octanol–water partition coefficient (Wildman–Crippen LogP) is 3.47. The Morgan fingerprint density at radius 2 is 1.90 bits per heavy atom. The van der Waals surface area contributed by atoms with Crippen LogP contribution in [0.25, 0.3) is 0 Å². The maximum absolute atomic E-state index is 13.5. The Bertz CT molecular complexity index is 917. The van der Waals surface area contributed by atoms with Crippen molar-refractivity contribution in [3.8, 4) is 11.5 Å². The van der Waals surface area contributed by atoms with Crippen molar-refractivity contribution in [2.45, 2.75) is 37.5 Å². The van der Waals surface area contributed by atoms with Crippen LogP contribution in [0.1, 0.15) is 30.1 Å². The first kappa shape index (κ1) is 19.0. The number of nitrogens with zero attached hydrogens (tertiary/aromatic N) is 1. The van der Waals surface area contributed by atoms with Crippen LogP contribution in [0, 0.1) is 5.82 Å². The minimum atomic E-state index is -0.663. The van der Waals surface area contributed by atoms with Crippen LogP contribution >= 0.6 is 11.6 Å². The Hall–Kier alpha value is -2.02. The molecule has 29 heavy (non-hydrogen) atoms. The van der Waals surface area contributed by atoms with Crippen LogP contribution in [-0.4, -0.2) is 43.5 Å². The summed E-state index contributed by atoms with van der Waals surface area (Å²) in [4.78, 5) is 2.28. The van der Waals surface area contributed by atoms with Gasteiger partial charge in [-0.15, -0.1) is 0 Å². The van der Waals surface area contributed by atoms with Crippen molar-refractivity contribution in [3.63, 3.8) is 0 Å². The molecule has 5 rings (SSSR count). The molecule has 3 aliphatic rings. The van der Waals surface area contributed by atoms with E-state index in [2.05, 4.69) is 10.2 Å². The Morgan fingerprint density at radius 3 is 2.72 bits per heavy atom. The van der Waals surface area contributed by atoms with Crippen molar-refractivity contribution in [1.82, 2.24) is 5.32 Å². The predicted molar refractivity (Wildman–Crippen MR) is 110 cm³/mol. The van der Waals surface area contributed by atoms with Gasteiger partial charge in [-0.2, -0.15) is 0 Å². The fourth-order valence-corrected chi connectivity index (χ4v) is 4.87. The molecule has 2 heterocycles. The summed E-state index contributed by atoms with van der Waals surface area (Å²) in [5, 5.41) is 14.8. The quantitative estimate of drug-likeness (QED) is 0.799. The van der Waals surface area contributed by atoms with E-state index in [0.29, 0.717) is 35.6 Å². The van der Waals surface area contributed by atoms with Crippen LogP contribution in [0.4, 0.5) is 10.1 Å². The second-order valence-electron chi connectivity index (χ2n) is 7.98. The average Bonchev–Trinajstić information content (AvgIpc) is 3.03. The molecule has 0 spiro atoms. The Balaban J connectivity index is 1.24. The Labute approximate surface area is 174 Å². The zero-order valence-electron chi connectivity index (χ0n) is 16.0. The molecule has 0 unspecified atom stereocenters. The van der Waals surface area contributed by atoms with E-state index in [1.807, 2.05) is 6.07 Å². The molecule has 2 atom stereocenters. The summed E-state index contributed by atoms with van der Waals surface area (Å²) in [6, 6.07) is 8.67. The first-order valence-corrected chi connectivity index (χ1v) is 10.5. The lowest BCUT2D eigenvalue weighted by atomic mass is 10.0. The number of rotatable bonds is 3. The minimum Gasteiger partial charge on any atom is -0.486 e. The van der Waals surface area contributed by atoms with E-state index in [1.54, 1.807) is 12.1 Å². The maximum Gasteiger partial charge on any atom is 0.184 e. The fraction of sp³-hybridized carbons (Fsp3) is 0.455. The molecule has 2 aromatic rings. The normalized spacial score (nSPS) is 23.9. The van der Waals surface area contributed by atoms with E-state index in [0.717, 1.165) is 49.4 Å². The molecule has 154 valence electrons. The van der Waals surface area contributed by atoms with Crippen molar-refractivity contribution in [3.05, 3.63) is 52.3 Å². The molecular weight excluding hydrogens is 395 g/mol. The van der Waals surface area contributed by atoms with Gasteiger partial charge in [-0.25, -0.2) is 4.39 Å². The topological polar surface area (TPSA) is 54.0 Å². The molecule has 0 bridgehead atoms. The summed E-state index contributed by atoms with van der Waals surface area (Å²) in [5.74, 6) is 1.18. The number of nitrogens with one attached hydrogen (secondary N) is 1. The second kappa shape index (κ2) is 7.67. The van der Waals surface area contributed by atoms with Crippen LogP contribution in [-0.2, 0) is 6.42 Å². The van der Waals surface area contributed by atoms with Gasteiger partial charge in [0.25, 0.3) is 0 Å². The van der Waals surface area contributed by atoms with Crippen molar-refractivity contribution in [1.29, 1.82) is 0 Å². The smallest absolute Gasteiger partial charge is 0.184 e. The van der Waals surface area contributed by atoms with E-state index >= 15 is 0 Å². The highest BCUT2D eigenvalue weighted by Gasteiger charge is 2.34. The van der Waals surface area contributed by atoms with Crippen molar-refractivity contribution < 1.29 is 19.0 Å². The summed E-state index contributed by atoms with van der Waals surface area (Å²) in [6.45, 7) is 2.80. The van der Waals surface area contributed by atoms with Gasteiger partial charge in [-0.05, 0) is 48.6 Å². The fourth-order valence-electron chi connectivity index (χ4n) is 4.67. The average molecular weight is 419 g/mol. The molecule has 0 aromatic heterocycles. The molecule has 0 amide bonds. The molecule has 2 aromatic carbocycles. The van der Waals surface area contributed by atoms with Gasteiger partial charge in [0.1, 0.15) is 19.0 Å². The van der Waals surface area contributed by atoms with Crippen molar-refractivity contribution in [2.24, 2.45) is 0 Å². The summed E-state index contributed by atoms with van der Waals surface area (Å²) in [7, 11) is 0. The van der Waals surface area contributed by atoms with Gasteiger partial charge in [0.2, 0.25) is 0 Å². The molecule has 5 nitrogen and oxygen atoms in total. The van der Waals surface area contributed by atoms with Gasteiger partial charge < -0.3 is 24.8 Å². The second-order valence-corrected chi connectivity index (χ2v) is 8.41. The summed E-state index contributed by atoms with van der Waals surface area (Å²) < 4.78 is 25.1. The Morgan fingerprint density at radius 1 is 1.10 bits per heavy atom. The lowest BCUT2D eigenvalue weighted by molar-refractivity contribution is 0.131. The third kappa shape index (κ3) is 3.65. The number of benzene rings is 2. The molecule has 1 fully saturated rings. The third-order valence-electron chi connectivity index (χ3n) is 6.12. The number of piperidine rings is 1. The third-order valence-corrected chi connectivity index (χ3v) is 6.34. The lowest BCUT2D eigenvalue weighted by Gasteiger charge is -2.37. The first-order chi connectivity index (χ1) is 14.1. The molecule has 0 radical (unpaired) electrons. The summed E-state index contributed by atoms with van der Waals surface area (Å²) >= 11 is 6.29. The zero-order valence-corrected chi connectivity index (χ0v) is 16.8. The molecule has 1 saturated heterocycles. The lowest BCUT2D eigenvalue weighted by Crippen LogP contribution is -2.47. The number of aliphatic hydroxyl groups is 1. The number of anilines is 1. The van der Waals surface area contributed by atoms with Crippen LogP contribution < -0.4 is 19.7 Å². The molecule has 2 aliphatic heterocycles. The van der Waals surface area contributed by atoms with Crippen LogP contribution in [0.2, 0.25) is 5.02 Å². The molecule has 2 N–H and O–H groups in total. The van der Waals surface area contributed by atoms with E-state index < -0.39 is 6.10 Å². The molecule has 7 heteroatoms. The highest BCUT2D eigenvalue weighted by Crippen LogP contribution is 2.43. The van der Waals surface area contributed by atoms with Gasteiger partial charge in [0.05, 0.1) is 11.8 Å². The highest BCUT2D eigenvalue weighted by molar-refractivity contribution is 6.31. The monoisotopic (exact) mass is 418 g/mol. The van der Waals surface area contributed by atoms with E-state index in [1.165, 1.54) is 12.1 Å². The molecule has 1 aliphatic carbocycles. The van der Waals surface area contributed by atoms with Crippen LogP contribution in [0.5, 0.6) is 11.5 Å².